The summed E-state index contributed by atoms with van der Waals surface area (Å²) in [4.78, 5) is 11.9. The molecule has 108 valence electrons. The summed E-state index contributed by atoms with van der Waals surface area (Å²) in [6.07, 6.45) is 3.27. The van der Waals surface area contributed by atoms with Crippen LogP contribution in [0, 0.1) is 20.8 Å². The van der Waals surface area contributed by atoms with Crippen LogP contribution in [-0.4, -0.2) is 5.91 Å². The highest BCUT2D eigenvalue weighted by Gasteiger charge is 2.00. The Hall–Kier alpha value is -2.55. The van der Waals surface area contributed by atoms with Crippen molar-refractivity contribution in [2.45, 2.75) is 20.8 Å². The van der Waals surface area contributed by atoms with Crippen LogP contribution in [-0.2, 0) is 4.79 Å². The van der Waals surface area contributed by atoms with Crippen LogP contribution < -0.4 is 11.1 Å². The third-order valence-electron chi connectivity index (χ3n) is 3.22. The molecular weight excluding hydrogens is 260 g/mol. The lowest BCUT2D eigenvalue weighted by atomic mass is 10.1. The summed E-state index contributed by atoms with van der Waals surface area (Å²) in [5.41, 5.74) is 11.6. The SMILES string of the molecule is Cc1cc(C)cc(NC(=O)/C=C/c2ccc(C)c(N)c2)c1. The van der Waals surface area contributed by atoms with E-state index in [9.17, 15) is 4.79 Å². The monoisotopic (exact) mass is 280 g/mol. The number of rotatable bonds is 3. The predicted molar refractivity (Wildman–Crippen MR) is 89.2 cm³/mol. The number of nitrogens with one attached hydrogen (secondary N) is 1. The first-order valence-corrected chi connectivity index (χ1v) is 6.87. The Kier molecular flexibility index (Phi) is 4.43. The molecule has 0 saturated carbocycles. The normalized spacial score (nSPS) is 10.8. The van der Waals surface area contributed by atoms with Gasteiger partial charge in [0.1, 0.15) is 0 Å². The molecule has 0 saturated heterocycles. The Morgan fingerprint density at radius 1 is 1.05 bits per heavy atom. The van der Waals surface area contributed by atoms with E-state index in [1.165, 1.54) is 6.08 Å². The third kappa shape index (κ3) is 4.21. The fraction of sp³-hybridized carbons (Fsp3) is 0.167. The van der Waals surface area contributed by atoms with Gasteiger partial charge >= 0.3 is 0 Å². The summed E-state index contributed by atoms with van der Waals surface area (Å²) in [6.45, 7) is 5.97. The number of nitrogens with two attached hydrogens (primary N) is 1. The standard InChI is InChI=1S/C18H20N2O/c1-12-8-13(2)10-16(9-12)20-18(21)7-6-15-5-4-14(3)17(19)11-15/h4-11H,19H2,1-3H3,(H,20,21)/b7-6+. The Bertz CT molecular complexity index is 682. The van der Waals surface area contributed by atoms with Crippen molar-refractivity contribution in [3.05, 3.63) is 64.7 Å². The summed E-state index contributed by atoms with van der Waals surface area (Å²) in [5, 5.41) is 2.86. The van der Waals surface area contributed by atoms with E-state index in [1.807, 2.05) is 51.1 Å². The van der Waals surface area contributed by atoms with Crippen LogP contribution >= 0.6 is 0 Å². The van der Waals surface area contributed by atoms with Gasteiger partial charge in [-0.2, -0.15) is 0 Å². The van der Waals surface area contributed by atoms with Crippen molar-refractivity contribution < 1.29 is 4.79 Å². The molecule has 0 heterocycles. The van der Waals surface area contributed by atoms with Gasteiger partial charge in [-0.25, -0.2) is 0 Å². The van der Waals surface area contributed by atoms with Crippen LogP contribution in [0.1, 0.15) is 22.3 Å². The highest BCUT2D eigenvalue weighted by atomic mass is 16.1. The number of hydrogen-bond donors (Lipinski definition) is 2. The first kappa shape index (κ1) is 14.9. The number of anilines is 2. The van der Waals surface area contributed by atoms with Crippen molar-refractivity contribution in [3.8, 4) is 0 Å². The summed E-state index contributed by atoms with van der Waals surface area (Å²) in [6, 6.07) is 11.7. The van der Waals surface area contributed by atoms with Gasteiger partial charge in [0.15, 0.2) is 0 Å². The first-order chi connectivity index (χ1) is 9.94. The maximum Gasteiger partial charge on any atom is 0.248 e. The zero-order chi connectivity index (χ0) is 15.4. The lowest BCUT2D eigenvalue weighted by Gasteiger charge is -2.05. The highest BCUT2D eigenvalue weighted by molar-refractivity contribution is 6.02. The molecule has 0 aliphatic heterocycles. The average molecular weight is 280 g/mol. The van der Waals surface area contributed by atoms with Crippen molar-refractivity contribution in [3.63, 3.8) is 0 Å². The number of carbonyl (C=O) groups excluding carboxylic acids is 1. The molecule has 21 heavy (non-hydrogen) atoms. The van der Waals surface area contributed by atoms with Crippen LogP contribution in [0.3, 0.4) is 0 Å². The zero-order valence-electron chi connectivity index (χ0n) is 12.6. The van der Waals surface area contributed by atoms with E-state index in [1.54, 1.807) is 6.08 Å². The fourth-order valence-electron chi connectivity index (χ4n) is 2.17. The van der Waals surface area contributed by atoms with Gasteiger partial charge in [0, 0.05) is 17.5 Å². The predicted octanol–water partition coefficient (Wildman–Crippen LogP) is 3.85. The van der Waals surface area contributed by atoms with Crippen molar-refractivity contribution in [2.75, 3.05) is 11.1 Å². The number of amides is 1. The number of hydrogen-bond acceptors (Lipinski definition) is 2. The van der Waals surface area contributed by atoms with Gasteiger partial charge in [-0.3, -0.25) is 4.79 Å². The second-order valence-electron chi connectivity index (χ2n) is 5.31. The molecule has 3 nitrogen and oxygen atoms in total. The lowest BCUT2D eigenvalue weighted by Crippen LogP contribution is -2.08. The molecule has 3 heteroatoms. The maximum absolute atomic E-state index is 11.9. The Labute approximate surface area is 125 Å². The van der Waals surface area contributed by atoms with E-state index in [0.29, 0.717) is 0 Å². The third-order valence-corrected chi connectivity index (χ3v) is 3.22. The van der Waals surface area contributed by atoms with E-state index in [4.69, 9.17) is 5.73 Å². The number of carbonyl (C=O) groups is 1. The van der Waals surface area contributed by atoms with Gasteiger partial charge in [-0.1, -0.05) is 18.2 Å². The molecule has 1 amide bonds. The summed E-state index contributed by atoms with van der Waals surface area (Å²) in [5.74, 6) is -0.154. The van der Waals surface area contributed by atoms with Crippen LogP contribution in [0.15, 0.2) is 42.5 Å². The smallest absolute Gasteiger partial charge is 0.248 e. The minimum absolute atomic E-state index is 0.154. The molecule has 0 atom stereocenters. The molecule has 0 aliphatic rings. The van der Waals surface area contributed by atoms with Gasteiger partial charge in [-0.05, 0) is 67.3 Å². The van der Waals surface area contributed by atoms with Crippen molar-refractivity contribution in [1.29, 1.82) is 0 Å². The molecule has 3 N–H and O–H groups in total. The quantitative estimate of drug-likeness (QED) is 0.663. The molecule has 0 aromatic heterocycles. The molecule has 2 rings (SSSR count). The van der Waals surface area contributed by atoms with Crippen molar-refractivity contribution in [1.82, 2.24) is 0 Å². The van der Waals surface area contributed by atoms with Gasteiger partial charge in [0.25, 0.3) is 0 Å². The van der Waals surface area contributed by atoms with Gasteiger partial charge in [0.05, 0.1) is 0 Å². The minimum Gasteiger partial charge on any atom is -0.398 e. The van der Waals surface area contributed by atoms with Crippen LogP contribution in [0.25, 0.3) is 6.08 Å². The largest absolute Gasteiger partial charge is 0.398 e. The van der Waals surface area contributed by atoms with Crippen LogP contribution in [0.2, 0.25) is 0 Å². The molecule has 0 fully saturated rings. The number of nitrogen functional groups attached to an aromatic ring is 1. The van der Waals surface area contributed by atoms with Gasteiger partial charge < -0.3 is 11.1 Å². The summed E-state index contributed by atoms with van der Waals surface area (Å²) < 4.78 is 0. The van der Waals surface area contributed by atoms with Crippen molar-refractivity contribution >= 4 is 23.4 Å². The molecule has 0 bridgehead atoms. The van der Waals surface area contributed by atoms with E-state index in [2.05, 4.69) is 11.4 Å². The lowest BCUT2D eigenvalue weighted by molar-refractivity contribution is -0.111. The Balaban J connectivity index is 2.07. The van der Waals surface area contributed by atoms with Crippen LogP contribution in [0.5, 0.6) is 0 Å². The second-order valence-corrected chi connectivity index (χ2v) is 5.31. The molecule has 2 aromatic carbocycles. The maximum atomic E-state index is 11.9. The Morgan fingerprint density at radius 2 is 1.71 bits per heavy atom. The minimum atomic E-state index is -0.154. The number of benzene rings is 2. The van der Waals surface area contributed by atoms with Crippen LogP contribution in [0.4, 0.5) is 11.4 Å². The highest BCUT2D eigenvalue weighted by Crippen LogP contribution is 2.15. The number of aryl methyl sites for hydroxylation is 3. The van der Waals surface area contributed by atoms with E-state index in [0.717, 1.165) is 33.6 Å². The van der Waals surface area contributed by atoms with Gasteiger partial charge in [0.2, 0.25) is 5.91 Å². The van der Waals surface area contributed by atoms with E-state index >= 15 is 0 Å². The molecule has 0 spiro atoms. The molecular formula is C18H20N2O. The molecule has 2 aromatic rings. The summed E-state index contributed by atoms with van der Waals surface area (Å²) >= 11 is 0. The van der Waals surface area contributed by atoms with E-state index in [-0.39, 0.29) is 5.91 Å². The molecule has 0 radical (unpaired) electrons. The van der Waals surface area contributed by atoms with Gasteiger partial charge in [-0.15, -0.1) is 0 Å². The molecule has 0 aliphatic carbocycles. The first-order valence-electron chi connectivity index (χ1n) is 6.87. The Morgan fingerprint density at radius 3 is 2.33 bits per heavy atom. The molecule has 0 unspecified atom stereocenters. The fourth-order valence-corrected chi connectivity index (χ4v) is 2.17. The second kappa shape index (κ2) is 6.27. The average Bonchev–Trinajstić information content (AvgIpc) is 2.39. The van der Waals surface area contributed by atoms with E-state index < -0.39 is 0 Å². The topological polar surface area (TPSA) is 55.1 Å². The van der Waals surface area contributed by atoms with Crippen molar-refractivity contribution in [2.24, 2.45) is 0 Å². The zero-order valence-corrected chi connectivity index (χ0v) is 12.6. The summed E-state index contributed by atoms with van der Waals surface area (Å²) in [7, 11) is 0.